The summed E-state index contributed by atoms with van der Waals surface area (Å²) in [6.07, 6.45) is 7.18. The molecule has 3 rings (SSSR count). The maximum absolute atomic E-state index is 11.7. The fraction of sp³-hybridized carbons (Fsp3) is 0.692. The molecule has 0 amide bonds. The number of carbonyl (C=O) groups is 2. The molecule has 4 heteroatoms. The Morgan fingerprint density at radius 3 is 2.88 bits per heavy atom. The van der Waals surface area contributed by atoms with E-state index >= 15 is 0 Å². The summed E-state index contributed by atoms with van der Waals surface area (Å²) in [5, 5.41) is 0. The van der Waals surface area contributed by atoms with Crippen LogP contribution in [0.25, 0.3) is 0 Å². The van der Waals surface area contributed by atoms with Crippen molar-refractivity contribution in [3.05, 3.63) is 12.2 Å². The molecule has 4 nitrogen and oxygen atoms in total. The zero-order valence-corrected chi connectivity index (χ0v) is 9.85. The number of carbonyl (C=O) groups excluding carboxylic acids is 2. The summed E-state index contributed by atoms with van der Waals surface area (Å²) >= 11 is 0. The van der Waals surface area contributed by atoms with Crippen LogP contribution in [0.5, 0.6) is 0 Å². The van der Waals surface area contributed by atoms with Crippen LogP contribution in [0, 0.1) is 5.92 Å². The Morgan fingerprint density at radius 2 is 2.06 bits per heavy atom. The summed E-state index contributed by atoms with van der Waals surface area (Å²) in [6.45, 7) is 2.03. The molecular weight excluding hydrogens is 220 g/mol. The lowest BCUT2D eigenvalue weighted by atomic mass is 9.86. The quantitative estimate of drug-likeness (QED) is 0.276. The van der Waals surface area contributed by atoms with Crippen molar-refractivity contribution in [3.63, 3.8) is 0 Å². The first-order chi connectivity index (χ1) is 8.12. The fourth-order valence-corrected chi connectivity index (χ4v) is 2.89. The summed E-state index contributed by atoms with van der Waals surface area (Å²) in [5.74, 6) is -1.36. The van der Waals surface area contributed by atoms with E-state index in [0.717, 1.165) is 19.3 Å². The monoisotopic (exact) mass is 236 g/mol. The minimum absolute atomic E-state index is 0.0885. The summed E-state index contributed by atoms with van der Waals surface area (Å²) in [4.78, 5) is 23.1. The average molecular weight is 236 g/mol. The van der Waals surface area contributed by atoms with E-state index in [1.54, 1.807) is 0 Å². The van der Waals surface area contributed by atoms with Crippen LogP contribution in [0.2, 0.25) is 0 Å². The summed E-state index contributed by atoms with van der Waals surface area (Å²) in [5.41, 5.74) is -0.213. The molecule has 0 saturated carbocycles. The van der Waals surface area contributed by atoms with Crippen LogP contribution in [0.15, 0.2) is 12.2 Å². The molecule has 2 fully saturated rings. The topological polar surface area (TPSA) is 55.9 Å². The van der Waals surface area contributed by atoms with Crippen molar-refractivity contribution in [3.8, 4) is 0 Å². The van der Waals surface area contributed by atoms with E-state index in [1.165, 1.54) is 0 Å². The number of epoxide rings is 1. The molecule has 0 aromatic rings. The van der Waals surface area contributed by atoms with Crippen LogP contribution in [-0.4, -0.2) is 29.6 Å². The Hall–Kier alpha value is -1.16. The molecule has 2 aliphatic heterocycles. The SMILES string of the molecule is C[C@@]12CCC=CCC[C@H]3C(=O)C(=O)O[C@@H]3[C@@H]1O2. The molecule has 0 aromatic heterocycles. The Balaban J connectivity index is 1.86. The first kappa shape index (κ1) is 11.0. The number of rotatable bonds is 0. The van der Waals surface area contributed by atoms with Crippen molar-refractivity contribution in [2.24, 2.45) is 5.92 Å². The van der Waals surface area contributed by atoms with Crippen LogP contribution >= 0.6 is 0 Å². The summed E-state index contributed by atoms with van der Waals surface area (Å²) < 4.78 is 10.9. The Labute approximate surface area is 100.0 Å². The molecule has 0 unspecified atom stereocenters. The van der Waals surface area contributed by atoms with E-state index in [0.29, 0.717) is 6.42 Å². The van der Waals surface area contributed by atoms with Crippen LogP contribution in [0.1, 0.15) is 32.6 Å². The average Bonchev–Trinajstić information content (AvgIpc) is 2.89. The highest BCUT2D eigenvalue weighted by molar-refractivity contribution is 6.36. The Bertz CT molecular complexity index is 400. The van der Waals surface area contributed by atoms with Gasteiger partial charge in [-0.1, -0.05) is 12.2 Å². The van der Waals surface area contributed by atoms with Gasteiger partial charge < -0.3 is 9.47 Å². The Morgan fingerprint density at radius 1 is 1.29 bits per heavy atom. The van der Waals surface area contributed by atoms with Crippen LogP contribution in [-0.2, 0) is 19.1 Å². The summed E-state index contributed by atoms with van der Waals surface area (Å²) in [7, 11) is 0. The number of Topliss-reactive ketones (excluding diaryl/α,β-unsaturated/α-hetero) is 1. The molecule has 0 N–H and O–H groups in total. The number of fused-ring (bicyclic) bond motifs is 3. The third-order valence-corrected chi connectivity index (χ3v) is 4.04. The first-order valence-electron chi connectivity index (χ1n) is 6.19. The van der Waals surface area contributed by atoms with Gasteiger partial charge in [0, 0.05) is 0 Å². The number of allylic oxidation sites excluding steroid dienone is 2. The predicted molar refractivity (Wildman–Crippen MR) is 59.3 cm³/mol. The van der Waals surface area contributed by atoms with Crippen molar-refractivity contribution in [2.45, 2.75) is 50.4 Å². The van der Waals surface area contributed by atoms with Gasteiger partial charge in [-0.25, -0.2) is 4.79 Å². The van der Waals surface area contributed by atoms with Gasteiger partial charge in [0.2, 0.25) is 5.78 Å². The highest BCUT2D eigenvalue weighted by Gasteiger charge is 2.62. The highest BCUT2D eigenvalue weighted by Crippen LogP contribution is 2.47. The molecule has 4 atom stereocenters. The molecule has 0 aromatic carbocycles. The van der Waals surface area contributed by atoms with E-state index in [4.69, 9.17) is 9.47 Å². The Kier molecular flexibility index (Phi) is 2.36. The van der Waals surface area contributed by atoms with Crippen molar-refractivity contribution in [2.75, 3.05) is 0 Å². The molecule has 0 bridgehead atoms. The molecule has 92 valence electrons. The zero-order chi connectivity index (χ0) is 12.0. The second-order valence-corrected chi connectivity index (χ2v) is 5.28. The van der Waals surface area contributed by atoms with Gasteiger partial charge in [-0.05, 0) is 32.6 Å². The molecular formula is C13H16O4. The molecule has 17 heavy (non-hydrogen) atoms. The second kappa shape index (κ2) is 3.67. The molecule has 3 aliphatic rings. The van der Waals surface area contributed by atoms with E-state index < -0.39 is 5.97 Å². The number of ketones is 1. The van der Waals surface area contributed by atoms with E-state index in [1.807, 2.05) is 6.92 Å². The first-order valence-corrected chi connectivity index (χ1v) is 6.19. The molecule has 1 aliphatic carbocycles. The lowest BCUT2D eigenvalue weighted by Gasteiger charge is -2.16. The lowest BCUT2D eigenvalue weighted by molar-refractivity contribution is -0.149. The van der Waals surface area contributed by atoms with Crippen molar-refractivity contribution in [1.29, 1.82) is 0 Å². The van der Waals surface area contributed by atoms with Crippen LogP contribution in [0.4, 0.5) is 0 Å². The van der Waals surface area contributed by atoms with E-state index in [-0.39, 0.29) is 29.5 Å². The largest absolute Gasteiger partial charge is 0.453 e. The van der Waals surface area contributed by atoms with Crippen molar-refractivity contribution >= 4 is 11.8 Å². The van der Waals surface area contributed by atoms with Gasteiger partial charge in [-0.15, -0.1) is 0 Å². The van der Waals surface area contributed by atoms with Crippen LogP contribution in [0.3, 0.4) is 0 Å². The normalized spacial score (nSPS) is 44.9. The minimum Gasteiger partial charge on any atom is -0.453 e. The highest BCUT2D eigenvalue weighted by atomic mass is 16.6. The molecule has 2 heterocycles. The van der Waals surface area contributed by atoms with Crippen molar-refractivity contribution < 1.29 is 19.1 Å². The molecule has 0 radical (unpaired) electrons. The van der Waals surface area contributed by atoms with E-state index in [2.05, 4.69) is 12.2 Å². The number of hydrogen-bond acceptors (Lipinski definition) is 4. The molecule has 2 saturated heterocycles. The number of ether oxygens (including phenoxy) is 2. The van der Waals surface area contributed by atoms with Gasteiger partial charge in [-0.3, -0.25) is 4.79 Å². The summed E-state index contributed by atoms with van der Waals surface area (Å²) in [6, 6.07) is 0. The lowest BCUT2D eigenvalue weighted by Crippen LogP contribution is -2.30. The maximum atomic E-state index is 11.7. The van der Waals surface area contributed by atoms with Gasteiger partial charge in [0.15, 0.2) is 0 Å². The maximum Gasteiger partial charge on any atom is 0.375 e. The fourth-order valence-electron chi connectivity index (χ4n) is 2.89. The van der Waals surface area contributed by atoms with Gasteiger partial charge in [0.25, 0.3) is 0 Å². The van der Waals surface area contributed by atoms with Crippen molar-refractivity contribution in [1.82, 2.24) is 0 Å². The zero-order valence-electron chi connectivity index (χ0n) is 9.85. The standard InChI is InChI=1S/C13H16O4/c1-13-7-5-3-2-4-6-8-9(14)12(15)16-10(8)11(13)17-13/h2-3,8,10-11H,4-7H2,1H3/t8-,10-,11-,13+/m0/s1. The molecule has 0 spiro atoms. The predicted octanol–water partition coefficient (Wildman–Crippen LogP) is 1.38. The van der Waals surface area contributed by atoms with Gasteiger partial charge in [-0.2, -0.15) is 0 Å². The second-order valence-electron chi connectivity index (χ2n) is 5.28. The number of esters is 1. The number of hydrogen-bond donors (Lipinski definition) is 0. The van der Waals surface area contributed by atoms with Gasteiger partial charge in [0.1, 0.15) is 12.2 Å². The van der Waals surface area contributed by atoms with E-state index in [9.17, 15) is 9.59 Å². The smallest absolute Gasteiger partial charge is 0.375 e. The van der Waals surface area contributed by atoms with Gasteiger partial charge >= 0.3 is 5.97 Å². The third-order valence-electron chi connectivity index (χ3n) is 4.04. The van der Waals surface area contributed by atoms with Crippen LogP contribution < -0.4 is 0 Å². The van der Waals surface area contributed by atoms with Gasteiger partial charge in [0.05, 0.1) is 11.5 Å². The minimum atomic E-state index is -0.680. The third kappa shape index (κ3) is 1.71.